The minimum absolute atomic E-state index is 0.0676. The largest absolute Gasteiger partial charge is 0.440 e. The molecule has 3 aromatic rings. The molecule has 29 heavy (non-hydrogen) atoms. The number of carbonyl (C=O) groups excluding carboxylic acids is 4. The topological polar surface area (TPSA) is 80.8 Å². The van der Waals surface area contributed by atoms with Crippen molar-refractivity contribution in [1.82, 2.24) is 4.90 Å². The summed E-state index contributed by atoms with van der Waals surface area (Å²) in [4.78, 5) is 51.0. The standard InChI is InChI=1S/C23H15NO5/c25-20(15-8-2-1-3-9-15)16-10-4-7-13-19(16)23(28)29-14-24-21(26)17-11-5-6-12-18(17)22(24)27/h1-13H,14H2. The Bertz CT molecular complexity index is 1100. The van der Waals surface area contributed by atoms with Gasteiger partial charge in [0.15, 0.2) is 12.5 Å². The Morgan fingerprint density at radius 1 is 0.690 bits per heavy atom. The molecule has 0 unspecified atom stereocenters. The molecular formula is C23H15NO5. The summed E-state index contributed by atoms with van der Waals surface area (Å²) in [5.74, 6) is -2.15. The van der Waals surface area contributed by atoms with Crippen LogP contribution in [0.2, 0.25) is 0 Å². The number of amides is 2. The molecule has 0 fully saturated rings. The molecule has 0 saturated heterocycles. The second-order valence-corrected chi connectivity index (χ2v) is 6.39. The zero-order chi connectivity index (χ0) is 20.4. The molecule has 6 heteroatoms. The Kier molecular flexibility index (Phi) is 4.75. The van der Waals surface area contributed by atoms with E-state index in [1.54, 1.807) is 66.7 Å². The number of ketones is 1. The molecule has 3 aromatic carbocycles. The van der Waals surface area contributed by atoms with Crippen molar-refractivity contribution in [2.24, 2.45) is 0 Å². The number of fused-ring (bicyclic) bond motifs is 1. The van der Waals surface area contributed by atoms with Crippen molar-refractivity contribution in [1.29, 1.82) is 0 Å². The molecule has 0 spiro atoms. The van der Waals surface area contributed by atoms with Crippen molar-refractivity contribution in [2.45, 2.75) is 0 Å². The number of ether oxygens (including phenoxy) is 1. The fourth-order valence-electron chi connectivity index (χ4n) is 3.16. The number of hydrogen-bond acceptors (Lipinski definition) is 5. The van der Waals surface area contributed by atoms with Crippen LogP contribution in [0.5, 0.6) is 0 Å². The molecule has 0 radical (unpaired) electrons. The molecule has 0 aliphatic carbocycles. The highest BCUT2D eigenvalue weighted by Crippen LogP contribution is 2.23. The summed E-state index contributed by atoms with van der Waals surface area (Å²) >= 11 is 0. The fraction of sp³-hybridized carbons (Fsp3) is 0.0435. The van der Waals surface area contributed by atoms with Gasteiger partial charge in [-0.05, 0) is 18.2 Å². The Labute approximate surface area is 166 Å². The van der Waals surface area contributed by atoms with Crippen LogP contribution in [0.1, 0.15) is 47.0 Å². The van der Waals surface area contributed by atoms with Crippen LogP contribution in [-0.4, -0.2) is 35.2 Å². The SMILES string of the molecule is O=C(OCN1C(=O)c2ccccc2C1=O)c1ccccc1C(=O)c1ccccc1. The lowest BCUT2D eigenvalue weighted by Gasteiger charge is -2.15. The number of benzene rings is 3. The monoisotopic (exact) mass is 385 g/mol. The van der Waals surface area contributed by atoms with Gasteiger partial charge in [-0.1, -0.05) is 60.7 Å². The van der Waals surface area contributed by atoms with Crippen LogP contribution in [0.4, 0.5) is 0 Å². The number of hydrogen-bond donors (Lipinski definition) is 0. The van der Waals surface area contributed by atoms with E-state index in [4.69, 9.17) is 4.74 Å². The van der Waals surface area contributed by atoms with Gasteiger partial charge in [-0.25, -0.2) is 9.69 Å². The van der Waals surface area contributed by atoms with E-state index in [2.05, 4.69) is 0 Å². The minimum Gasteiger partial charge on any atom is -0.440 e. The van der Waals surface area contributed by atoms with Crippen molar-refractivity contribution in [3.05, 3.63) is 107 Å². The third-order valence-electron chi connectivity index (χ3n) is 4.63. The number of rotatable bonds is 5. The van der Waals surface area contributed by atoms with Crippen LogP contribution >= 0.6 is 0 Å². The maximum atomic E-state index is 12.8. The summed E-state index contributed by atoms with van der Waals surface area (Å²) in [6.07, 6.45) is 0. The summed E-state index contributed by atoms with van der Waals surface area (Å²) in [7, 11) is 0. The number of nitrogens with zero attached hydrogens (tertiary/aromatic N) is 1. The average Bonchev–Trinajstić information content (AvgIpc) is 3.02. The zero-order valence-electron chi connectivity index (χ0n) is 15.2. The van der Waals surface area contributed by atoms with Gasteiger partial charge < -0.3 is 4.74 Å². The van der Waals surface area contributed by atoms with Gasteiger partial charge in [-0.3, -0.25) is 14.4 Å². The minimum atomic E-state index is -0.790. The normalized spacial score (nSPS) is 12.6. The Morgan fingerprint density at radius 2 is 1.21 bits per heavy atom. The maximum absolute atomic E-state index is 12.8. The Hall–Kier alpha value is -4.06. The highest BCUT2D eigenvalue weighted by atomic mass is 16.5. The van der Waals surface area contributed by atoms with E-state index in [0.717, 1.165) is 4.90 Å². The molecule has 142 valence electrons. The number of esters is 1. The summed E-state index contributed by atoms with van der Waals surface area (Å²) in [6.45, 7) is -0.529. The van der Waals surface area contributed by atoms with E-state index in [0.29, 0.717) is 5.56 Å². The second-order valence-electron chi connectivity index (χ2n) is 6.39. The molecule has 2 amide bonds. The summed E-state index contributed by atoms with van der Waals surface area (Å²) < 4.78 is 5.20. The van der Waals surface area contributed by atoms with Gasteiger partial charge in [0.25, 0.3) is 11.8 Å². The van der Waals surface area contributed by atoms with Crippen molar-refractivity contribution in [2.75, 3.05) is 6.73 Å². The third kappa shape index (κ3) is 3.32. The lowest BCUT2D eigenvalue weighted by atomic mass is 9.98. The highest BCUT2D eigenvalue weighted by Gasteiger charge is 2.36. The first-order valence-corrected chi connectivity index (χ1v) is 8.89. The van der Waals surface area contributed by atoms with Gasteiger partial charge in [0.2, 0.25) is 0 Å². The van der Waals surface area contributed by atoms with Crippen LogP contribution in [0, 0.1) is 0 Å². The van der Waals surface area contributed by atoms with Crippen LogP contribution < -0.4 is 0 Å². The second kappa shape index (κ2) is 7.52. The summed E-state index contributed by atoms with van der Waals surface area (Å²) in [5, 5.41) is 0. The van der Waals surface area contributed by atoms with E-state index in [1.807, 2.05) is 0 Å². The third-order valence-corrected chi connectivity index (χ3v) is 4.63. The summed E-state index contributed by atoms with van der Waals surface area (Å²) in [6, 6.07) is 21.2. The van der Waals surface area contributed by atoms with Gasteiger partial charge in [-0.15, -0.1) is 0 Å². The molecular weight excluding hydrogens is 370 g/mol. The number of imide groups is 1. The molecule has 0 saturated carbocycles. The first-order valence-electron chi connectivity index (χ1n) is 8.89. The molecule has 0 N–H and O–H groups in total. The molecule has 1 aliphatic rings. The van der Waals surface area contributed by atoms with Crippen molar-refractivity contribution >= 4 is 23.6 Å². The van der Waals surface area contributed by atoms with E-state index in [1.165, 1.54) is 12.1 Å². The maximum Gasteiger partial charge on any atom is 0.340 e. The van der Waals surface area contributed by atoms with Crippen LogP contribution in [0.3, 0.4) is 0 Å². The number of carbonyl (C=O) groups is 4. The first-order chi connectivity index (χ1) is 14.1. The van der Waals surface area contributed by atoms with E-state index >= 15 is 0 Å². The zero-order valence-corrected chi connectivity index (χ0v) is 15.2. The Balaban J connectivity index is 1.53. The molecule has 0 atom stereocenters. The average molecular weight is 385 g/mol. The lowest BCUT2D eigenvalue weighted by molar-refractivity contribution is 0.0226. The fourth-order valence-corrected chi connectivity index (χ4v) is 3.16. The van der Waals surface area contributed by atoms with Gasteiger partial charge in [0.05, 0.1) is 16.7 Å². The summed E-state index contributed by atoms with van der Waals surface area (Å²) in [5.41, 5.74) is 1.23. The van der Waals surface area contributed by atoms with E-state index in [-0.39, 0.29) is 28.0 Å². The predicted molar refractivity (Wildman–Crippen MR) is 104 cm³/mol. The predicted octanol–water partition coefficient (Wildman–Crippen LogP) is 3.33. The van der Waals surface area contributed by atoms with Gasteiger partial charge in [0.1, 0.15) is 0 Å². The Morgan fingerprint density at radius 3 is 1.83 bits per heavy atom. The van der Waals surface area contributed by atoms with Gasteiger partial charge in [0, 0.05) is 11.1 Å². The molecule has 6 nitrogen and oxygen atoms in total. The quantitative estimate of drug-likeness (QED) is 0.382. The first kappa shape index (κ1) is 18.3. The van der Waals surface area contributed by atoms with Crippen LogP contribution in [0.15, 0.2) is 78.9 Å². The molecule has 0 aromatic heterocycles. The van der Waals surface area contributed by atoms with Gasteiger partial charge in [-0.2, -0.15) is 0 Å². The van der Waals surface area contributed by atoms with E-state index in [9.17, 15) is 19.2 Å². The molecule has 1 heterocycles. The van der Waals surface area contributed by atoms with Gasteiger partial charge >= 0.3 is 5.97 Å². The van der Waals surface area contributed by atoms with Crippen molar-refractivity contribution < 1.29 is 23.9 Å². The smallest absolute Gasteiger partial charge is 0.340 e. The van der Waals surface area contributed by atoms with Crippen molar-refractivity contribution in [3.8, 4) is 0 Å². The molecule has 4 rings (SSSR count). The van der Waals surface area contributed by atoms with Crippen LogP contribution in [0.25, 0.3) is 0 Å². The molecule has 1 aliphatic heterocycles. The lowest BCUT2D eigenvalue weighted by Crippen LogP contribution is -2.33. The highest BCUT2D eigenvalue weighted by molar-refractivity contribution is 6.21. The van der Waals surface area contributed by atoms with Crippen LogP contribution in [-0.2, 0) is 4.74 Å². The van der Waals surface area contributed by atoms with Crippen molar-refractivity contribution in [3.63, 3.8) is 0 Å². The molecule has 0 bridgehead atoms. The van der Waals surface area contributed by atoms with E-state index < -0.39 is 24.5 Å².